The molecule has 0 aliphatic carbocycles. The largest absolute Gasteiger partial charge is 0.506 e. The Bertz CT molecular complexity index is 823. The van der Waals surface area contributed by atoms with Crippen LogP contribution in [0.3, 0.4) is 0 Å². The summed E-state index contributed by atoms with van der Waals surface area (Å²) in [6, 6.07) is 3.46. The maximum Gasteiger partial charge on any atom is 0.335 e. The van der Waals surface area contributed by atoms with E-state index in [1.807, 2.05) is 0 Å². The van der Waals surface area contributed by atoms with Crippen LogP contribution < -0.4 is 5.56 Å². The smallest absolute Gasteiger partial charge is 0.335 e. The zero-order valence-corrected chi connectivity index (χ0v) is 12.8. The summed E-state index contributed by atoms with van der Waals surface area (Å²) in [6.07, 6.45) is 0. The normalized spacial score (nSPS) is 10.5. The summed E-state index contributed by atoms with van der Waals surface area (Å²) in [5.41, 5.74) is -0.426. The van der Waals surface area contributed by atoms with Crippen LogP contribution in [0.1, 0.15) is 26.4 Å². The molecule has 0 radical (unpaired) electrons. The van der Waals surface area contributed by atoms with Crippen LogP contribution >= 0.6 is 15.9 Å². The van der Waals surface area contributed by atoms with E-state index in [4.69, 9.17) is 10.2 Å². The van der Waals surface area contributed by atoms with Crippen molar-refractivity contribution in [3.05, 3.63) is 49.8 Å². The predicted molar refractivity (Wildman–Crippen MR) is 80.5 cm³/mol. The van der Waals surface area contributed by atoms with Crippen LogP contribution in [0.25, 0.3) is 11.1 Å². The van der Waals surface area contributed by atoms with Crippen LogP contribution in [0.15, 0.2) is 27.5 Å². The minimum atomic E-state index is -1.30. The highest BCUT2D eigenvalue weighted by molar-refractivity contribution is 9.10. The summed E-state index contributed by atoms with van der Waals surface area (Å²) < 4.78 is -0.120. The standard InChI is InChI=1S/C14H10BrNO6/c1-5-9(11(17)10(15)12(18)16-5)6-2-7(13(19)20)4-8(3-6)14(21)22/h2-4H,1H3,(H,19,20)(H,21,22)(H2,16,17,18). The van der Waals surface area contributed by atoms with E-state index in [0.717, 1.165) is 6.07 Å². The van der Waals surface area contributed by atoms with Gasteiger partial charge in [0, 0.05) is 11.3 Å². The number of nitrogens with one attached hydrogen (secondary N) is 1. The van der Waals surface area contributed by atoms with Crippen LogP contribution in [0, 0.1) is 6.92 Å². The first kappa shape index (κ1) is 15.8. The number of aromatic hydroxyl groups is 1. The summed E-state index contributed by atoms with van der Waals surface area (Å²) in [5.74, 6) is -2.99. The number of aromatic amines is 1. The first-order valence-corrected chi connectivity index (χ1v) is 6.75. The van der Waals surface area contributed by atoms with Crippen molar-refractivity contribution in [3.8, 4) is 16.9 Å². The molecule has 2 rings (SSSR count). The van der Waals surface area contributed by atoms with Gasteiger partial charge in [0.1, 0.15) is 10.2 Å². The summed E-state index contributed by atoms with van der Waals surface area (Å²) in [5, 5.41) is 28.3. The molecule has 0 bridgehead atoms. The molecule has 4 N–H and O–H groups in total. The van der Waals surface area contributed by atoms with Gasteiger partial charge in [0.05, 0.1) is 11.1 Å². The van der Waals surface area contributed by atoms with Crippen LogP contribution in [-0.4, -0.2) is 32.2 Å². The number of aromatic carboxylic acids is 2. The minimum absolute atomic E-state index is 0.120. The second kappa shape index (κ2) is 5.64. The van der Waals surface area contributed by atoms with Crippen LogP contribution in [0.4, 0.5) is 0 Å². The molecule has 0 aliphatic heterocycles. The molecule has 22 heavy (non-hydrogen) atoms. The molecule has 2 aromatic rings. The van der Waals surface area contributed by atoms with E-state index >= 15 is 0 Å². The van der Waals surface area contributed by atoms with Crippen molar-refractivity contribution in [2.45, 2.75) is 6.92 Å². The molecule has 8 heteroatoms. The summed E-state index contributed by atoms with van der Waals surface area (Å²) in [7, 11) is 0. The third-order valence-electron chi connectivity index (χ3n) is 3.04. The first-order chi connectivity index (χ1) is 10.2. The maximum absolute atomic E-state index is 11.5. The molecule has 0 unspecified atom stereocenters. The lowest BCUT2D eigenvalue weighted by molar-refractivity contribution is 0.0696. The Kier molecular flexibility index (Phi) is 4.05. The molecule has 0 fully saturated rings. The van der Waals surface area contributed by atoms with E-state index in [1.54, 1.807) is 0 Å². The van der Waals surface area contributed by atoms with Crippen molar-refractivity contribution < 1.29 is 24.9 Å². The number of aryl methyl sites for hydroxylation is 1. The van der Waals surface area contributed by atoms with E-state index in [9.17, 15) is 19.5 Å². The predicted octanol–water partition coefficient (Wildman–Crippen LogP) is 2.21. The van der Waals surface area contributed by atoms with Gasteiger partial charge in [0.25, 0.3) is 5.56 Å². The molecule has 0 saturated heterocycles. The summed E-state index contributed by atoms with van der Waals surface area (Å²) in [6.45, 7) is 1.51. The van der Waals surface area contributed by atoms with Crippen LogP contribution in [0.2, 0.25) is 0 Å². The van der Waals surface area contributed by atoms with Gasteiger partial charge in [0.2, 0.25) is 0 Å². The fourth-order valence-electron chi connectivity index (χ4n) is 2.05. The van der Waals surface area contributed by atoms with Gasteiger partial charge >= 0.3 is 11.9 Å². The minimum Gasteiger partial charge on any atom is -0.506 e. The zero-order chi connectivity index (χ0) is 16.6. The highest BCUT2D eigenvalue weighted by Gasteiger charge is 2.18. The molecular formula is C14H10BrNO6. The van der Waals surface area contributed by atoms with Crippen molar-refractivity contribution in [1.29, 1.82) is 0 Å². The Morgan fingerprint density at radius 2 is 1.59 bits per heavy atom. The number of H-pyrrole nitrogens is 1. The first-order valence-electron chi connectivity index (χ1n) is 5.95. The number of hydrogen-bond donors (Lipinski definition) is 4. The number of aromatic nitrogens is 1. The average molecular weight is 368 g/mol. The van der Waals surface area contributed by atoms with Gasteiger partial charge in [0.15, 0.2) is 0 Å². The Morgan fingerprint density at radius 1 is 1.09 bits per heavy atom. The number of benzene rings is 1. The molecule has 0 spiro atoms. The lowest BCUT2D eigenvalue weighted by Gasteiger charge is -2.11. The van der Waals surface area contributed by atoms with Gasteiger partial charge in [-0.3, -0.25) is 4.79 Å². The molecule has 1 heterocycles. The highest BCUT2D eigenvalue weighted by Crippen LogP contribution is 2.35. The van der Waals surface area contributed by atoms with E-state index in [2.05, 4.69) is 20.9 Å². The third-order valence-corrected chi connectivity index (χ3v) is 3.77. The molecule has 1 aromatic heterocycles. The number of rotatable bonds is 3. The van der Waals surface area contributed by atoms with E-state index in [0.29, 0.717) is 0 Å². The SMILES string of the molecule is Cc1[nH]c(=O)c(Br)c(O)c1-c1cc(C(=O)O)cc(C(=O)O)c1. The Hall–Kier alpha value is -2.61. The number of halogens is 1. The molecule has 0 atom stereocenters. The van der Waals surface area contributed by atoms with Gasteiger partial charge in [-0.15, -0.1) is 0 Å². The van der Waals surface area contributed by atoms with Gasteiger partial charge < -0.3 is 20.3 Å². The number of hydrogen-bond acceptors (Lipinski definition) is 4. The molecule has 1 aromatic carbocycles. The number of pyridine rings is 1. The number of carbonyl (C=O) groups is 2. The number of carboxylic acid groups (broad SMARTS) is 2. The van der Waals surface area contributed by atoms with Crippen molar-refractivity contribution in [2.24, 2.45) is 0 Å². The van der Waals surface area contributed by atoms with Crippen molar-refractivity contribution in [3.63, 3.8) is 0 Å². The Morgan fingerprint density at radius 3 is 2.05 bits per heavy atom. The average Bonchev–Trinajstić information content (AvgIpc) is 2.44. The van der Waals surface area contributed by atoms with E-state index in [1.165, 1.54) is 19.1 Å². The number of carboxylic acids is 2. The van der Waals surface area contributed by atoms with Gasteiger partial charge in [-0.1, -0.05) is 0 Å². The van der Waals surface area contributed by atoms with Gasteiger partial charge in [-0.25, -0.2) is 9.59 Å². The Balaban J connectivity index is 2.83. The van der Waals surface area contributed by atoms with E-state index in [-0.39, 0.29) is 38.2 Å². The third kappa shape index (κ3) is 2.73. The van der Waals surface area contributed by atoms with Gasteiger partial charge in [-0.2, -0.15) is 0 Å². The zero-order valence-electron chi connectivity index (χ0n) is 11.2. The monoisotopic (exact) mass is 367 g/mol. The topological polar surface area (TPSA) is 128 Å². The second-order valence-electron chi connectivity index (χ2n) is 4.53. The molecule has 0 aliphatic rings. The quantitative estimate of drug-likeness (QED) is 0.658. The lowest BCUT2D eigenvalue weighted by Crippen LogP contribution is -2.10. The van der Waals surface area contributed by atoms with E-state index < -0.39 is 17.5 Å². The summed E-state index contributed by atoms with van der Waals surface area (Å²) >= 11 is 2.93. The van der Waals surface area contributed by atoms with Crippen molar-refractivity contribution >= 4 is 27.9 Å². The summed E-state index contributed by atoms with van der Waals surface area (Å²) in [4.78, 5) is 36.3. The van der Waals surface area contributed by atoms with Crippen LogP contribution in [-0.2, 0) is 0 Å². The molecule has 0 saturated carbocycles. The Labute approximate surface area is 132 Å². The molecule has 114 valence electrons. The second-order valence-corrected chi connectivity index (χ2v) is 5.32. The fraction of sp³-hybridized carbons (Fsp3) is 0.0714. The van der Waals surface area contributed by atoms with Gasteiger partial charge in [-0.05, 0) is 46.6 Å². The molecule has 7 nitrogen and oxygen atoms in total. The van der Waals surface area contributed by atoms with Crippen molar-refractivity contribution in [2.75, 3.05) is 0 Å². The maximum atomic E-state index is 11.5. The van der Waals surface area contributed by atoms with Crippen LogP contribution in [0.5, 0.6) is 5.75 Å². The highest BCUT2D eigenvalue weighted by atomic mass is 79.9. The molecular weight excluding hydrogens is 358 g/mol. The lowest BCUT2D eigenvalue weighted by atomic mass is 9.98. The fourth-order valence-corrected chi connectivity index (χ4v) is 2.35. The van der Waals surface area contributed by atoms with Crippen molar-refractivity contribution in [1.82, 2.24) is 4.98 Å². The molecule has 0 amide bonds.